The zero-order valence-electron chi connectivity index (χ0n) is 11.9. The van der Waals surface area contributed by atoms with Crippen molar-refractivity contribution >= 4 is 11.8 Å². The Labute approximate surface area is 119 Å². The van der Waals surface area contributed by atoms with Gasteiger partial charge in [-0.1, -0.05) is 12.1 Å². The van der Waals surface area contributed by atoms with Crippen LogP contribution in [-0.4, -0.2) is 25.5 Å². The summed E-state index contributed by atoms with van der Waals surface area (Å²) < 4.78 is 10.0. The molecule has 1 aromatic rings. The second kappa shape index (κ2) is 6.55. The molecule has 1 aliphatic carbocycles. The highest BCUT2D eigenvalue weighted by atomic mass is 16.5. The minimum Gasteiger partial charge on any atom is -0.497 e. The van der Waals surface area contributed by atoms with Gasteiger partial charge in [-0.15, -0.1) is 0 Å². The molecular formula is C16H20O4. The number of hydrogen-bond donors (Lipinski definition) is 0. The monoisotopic (exact) mass is 276 g/mol. The van der Waals surface area contributed by atoms with Crippen molar-refractivity contribution in [2.24, 2.45) is 11.8 Å². The Morgan fingerprint density at radius 3 is 2.50 bits per heavy atom. The van der Waals surface area contributed by atoms with E-state index in [2.05, 4.69) is 0 Å². The van der Waals surface area contributed by atoms with E-state index in [0.29, 0.717) is 25.9 Å². The van der Waals surface area contributed by atoms with E-state index in [1.54, 1.807) is 14.0 Å². The minimum atomic E-state index is -0.227. The van der Waals surface area contributed by atoms with E-state index in [1.807, 2.05) is 24.3 Å². The molecule has 4 heteroatoms. The highest BCUT2D eigenvalue weighted by molar-refractivity contribution is 5.91. The topological polar surface area (TPSA) is 52.6 Å². The number of benzene rings is 1. The van der Waals surface area contributed by atoms with E-state index in [0.717, 1.165) is 11.3 Å². The van der Waals surface area contributed by atoms with Gasteiger partial charge < -0.3 is 9.47 Å². The van der Waals surface area contributed by atoms with E-state index < -0.39 is 0 Å². The zero-order chi connectivity index (χ0) is 14.5. The minimum absolute atomic E-state index is 0.118. The predicted octanol–water partition coefficient (Wildman–Crippen LogP) is 2.40. The van der Waals surface area contributed by atoms with Gasteiger partial charge in [0, 0.05) is 12.3 Å². The average molecular weight is 276 g/mol. The summed E-state index contributed by atoms with van der Waals surface area (Å²) in [5.74, 6) is 0.435. The summed E-state index contributed by atoms with van der Waals surface area (Å²) in [6.07, 6.45) is 1.84. The van der Waals surface area contributed by atoms with Gasteiger partial charge >= 0.3 is 5.97 Å². The first-order valence-corrected chi connectivity index (χ1v) is 6.98. The van der Waals surface area contributed by atoms with Gasteiger partial charge in [0.05, 0.1) is 19.6 Å². The zero-order valence-corrected chi connectivity index (χ0v) is 11.9. The molecule has 0 radical (unpaired) electrons. The Kier molecular flexibility index (Phi) is 4.77. The van der Waals surface area contributed by atoms with Crippen molar-refractivity contribution in [2.45, 2.75) is 26.2 Å². The average Bonchev–Trinajstić information content (AvgIpc) is 3.26. The molecule has 0 bridgehead atoms. The highest BCUT2D eigenvalue weighted by Gasteiger charge is 2.48. The SMILES string of the molecule is CCOC(=O)[C@H]1C[C@@H]1C(=O)CCc1ccc(OC)cc1. The molecule has 0 heterocycles. The molecule has 1 aromatic carbocycles. The third-order valence-electron chi connectivity index (χ3n) is 3.61. The molecule has 0 aliphatic heterocycles. The van der Waals surface area contributed by atoms with Gasteiger partial charge in [-0.2, -0.15) is 0 Å². The number of carbonyl (C=O) groups excluding carboxylic acids is 2. The number of Topliss-reactive ketones (excluding diaryl/α,β-unsaturated/α-hetero) is 1. The first-order valence-electron chi connectivity index (χ1n) is 6.98. The number of hydrogen-bond acceptors (Lipinski definition) is 4. The maximum atomic E-state index is 12.0. The van der Waals surface area contributed by atoms with Crippen LogP contribution in [-0.2, 0) is 20.7 Å². The number of ketones is 1. The second-order valence-corrected chi connectivity index (χ2v) is 5.02. The van der Waals surface area contributed by atoms with Crippen LogP contribution in [0.4, 0.5) is 0 Å². The fraction of sp³-hybridized carbons (Fsp3) is 0.500. The van der Waals surface area contributed by atoms with Crippen molar-refractivity contribution in [3.63, 3.8) is 0 Å². The first-order chi connectivity index (χ1) is 9.65. The van der Waals surface area contributed by atoms with Gasteiger partial charge in [0.15, 0.2) is 0 Å². The summed E-state index contributed by atoms with van der Waals surface area (Å²) in [6.45, 7) is 2.16. The van der Waals surface area contributed by atoms with Gasteiger partial charge in [-0.05, 0) is 37.5 Å². The van der Waals surface area contributed by atoms with Gasteiger partial charge in [-0.25, -0.2) is 0 Å². The molecule has 2 rings (SSSR count). The summed E-state index contributed by atoms with van der Waals surface area (Å²) in [5.41, 5.74) is 1.10. The first kappa shape index (κ1) is 14.6. The van der Waals surface area contributed by atoms with Crippen LogP contribution in [0.2, 0.25) is 0 Å². The lowest BCUT2D eigenvalue weighted by Crippen LogP contribution is -2.12. The van der Waals surface area contributed by atoms with Crippen LogP contribution in [0.5, 0.6) is 5.75 Å². The van der Waals surface area contributed by atoms with Crippen molar-refractivity contribution in [1.29, 1.82) is 0 Å². The van der Waals surface area contributed by atoms with Crippen molar-refractivity contribution in [2.75, 3.05) is 13.7 Å². The molecule has 108 valence electrons. The molecule has 0 amide bonds. The maximum absolute atomic E-state index is 12.0. The number of ether oxygens (including phenoxy) is 2. The lowest BCUT2D eigenvalue weighted by Gasteiger charge is -2.03. The normalized spacial score (nSPS) is 20.3. The van der Waals surface area contributed by atoms with Crippen molar-refractivity contribution in [3.8, 4) is 5.75 Å². The highest BCUT2D eigenvalue weighted by Crippen LogP contribution is 2.41. The number of aryl methyl sites for hydroxylation is 1. The number of rotatable bonds is 7. The Hall–Kier alpha value is -1.84. The standard InChI is InChI=1S/C16H20O4/c1-3-20-16(18)14-10-13(14)15(17)9-6-11-4-7-12(19-2)8-5-11/h4-5,7-8,13-14H,3,6,9-10H2,1-2H3/t13-,14-/m0/s1. The fourth-order valence-electron chi connectivity index (χ4n) is 2.31. The third kappa shape index (κ3) is 3.59. The number of esters is 1. The summed E-state index contributed by atoms with van der Waals surface area (Å²) in [5, 5.41) is 0. The molecule has 2 atom stereocenters. The molecular weight excluding hydrogens is 256 g/mol. The summed E-state index contributed by atoms with van der Waals surface area (Å²) in [6, 6.07) is 7.69. The predicted molar refractivity (Wildman–Crippen MR) is 74.6 cm³/mol. The summed E-state index contributed by atoms with van der Waals surface area (Å²) in [7, 11) is 1.63. The van der Waals surface area contributed by atoms with E-state index in [9.17, 15) is 9.59 Å². The molecule has 0 unspecified atom stereocenters. The Bertz CT molecular complexity index is 478. The van der Waals surface area contributed by atoms with Crippen molar-refractivity contribution in [1.82, 2.24) is 0 Å². The molecule has 0 spiro atoms. The maximum Gasteiger partial charge on any atom is 0.309 e. The molecule has 1 saturated carbocycles. The van der Waals surface area contributed by atoms with E-state index in [1.165, 1.54) is 0 Å². The van der Waals surface area contributed by atoms with Crippen LogP contribution in [0.15, 0.2) is 24.3 Å². The van der Waals surface area contributed by atoms with Crippen LogP contribution >= 0.6 is 0 Å². The van der Waals surface area contributed by atoms with Crippen molar-refractivity contribution in [3.05, 3.63) is 29.8 Å². The lowest BCUT2D eigenvalue weighted by molar-refractivity contribution is -0.145. The van der Waals surface area contributed by atoms with E-state index in [-0.39, 0.29) is 23.6 Å². The van der Waals surface area contributed by atoms with Gasteiger partial charge in [0.25, 0.3) is 0 Å². The Balaban J connectivity index is 1.77. The smallest absolute Gasteiger partial charge is 0.309 e. The quantitative estimate of drug-likeness (QED) is 0.718. The number of methoxy groups -OCH3 is 1. The summed E-state index contributed by atoms with van der Waals surface area (Å²) >= 11 is 0. The molecule has 0 aromatic heterocycles. The largest absolute Gasteiger partial charge is 0.497 e. The van der Waals surface area contributed by atoms with Gasteiger partial charge in [-0.3, -0.25) is 9.59 Å². The van der Waals surface area contributed by atoms with Crippen LogP contribution in [0.1, 0.15) is 25.3 Å². The van der Waals surface area contributed by atoms with Crippen LogP contribution < -0.4 is 4.74 Å². The van der Waals surface area contributed by atoms with Crippen molar-refractivity contribution < 1.29 is 19.1 Å². The van der Waals surface area contributed by atoms with Gasteiger partial charge in [0.1, 0.15) is 11.5 Å². The van der Waals surface area contributed by atoms with E-state index in [4.69, 9.17) is 9.47 Å². The molecule has 1 aliphatic rings. The number of carbonyl (C=O) groups is 2. The molecule has 1 fully saturated rings. The molecule has 0 saturated heterocycles. The fourth-order valence-corrected chi connectivity index (χ4v) is 2.31. The van der Waals surface area contributed by atoms with Crippen LogP contribution in [0.25, 0.3) is 0 Å². The second-order valence-electron chi connectivity index (χ2n) is 5.02. The lowest BCUT2D eigenvalue weighted by atomic mass is 10.0. The van der Waals surface area contributed by atoms with Gasteiger partial charge in [0.2, 0.25) is 0 Å². The molecule has 20 heavy (non-hydrogen) atoms. The van der Waals surface area contributed by atoms with Crippen LogP contribution in [0.3, 0.4) is 0 Å². The third-order valence-corrected chi connectivity index (χ3v) is 3.61. The summed E-state index contributed by atoms with van der Waals surface area (Å²) in [4.78, 5) is 23.5. The Morgan fingerprint density at radius 2 is 1.90 bits per heavy atom. The van der Waals surface area contributed by atoms with E-state index >= 15 is 0 Å². The van der Waals surface area contributed by atoms with Crippen LogP contribution in [0, 0.1) is 11.8 Å². The Morgan fingerprint density at radius 1 is 1.20 bits per heavy atom. The molecule has 4 nitrogen and oxygen atoms in total. The molecule has 0 N–H and O–H groups in total.